The van der Waals surface area contributed by atoms with Crippen LogP contribution in [-0.2, 0) is 6.18 Å². The van der Waals surface area contributed by atoms with Crippen molar-refractivity contribution in [2.45, 2.75) is 6.18 Å². The number of rotatable bonds is 2. The third-order valence-corrected chi connectivity index (χ3v) is 4.90. The smallest absolute Gasteiger partial charge is 0.416 e. The second-order valence-corrected chi connectivity index (χ2v) is 6.81. The van der Waals surface area contributed by atoms with Crippen LogP contribution in [0, 0.1) is 0 Å². The van der Waals surface area contributed by atoms with Gasteiger partial charge in [0.25, 0.3) is 0 Å². The van der Waals surface area contributed by atoms with E-state index in [1.54, 1.807) is 29.2 Å². The number of amides is 2. The molecule has 2 aliphatic heterocycles. The van der Waals surface area contributed by atoms with Crippen molar-refractivity contribution >= 4 is 17.4 Å². The largest absolute Gasteiger partial charge is 0.486 e. The van der Waals surface area contributed by atoms with E-state index in [-0.39, 0.29) is 6.03 Å². The van der Waals surface area contributed by atoms with Crippen LogP contribution in [0.4, 0.5) is 29.3 Å². The molecule has 1 N–H and O–H groups in total. The van der Waals surface area contributed by atoms with Gasteiger partial charge in [-0.15, -0.1) is 0 Å². The molecular weight excluding hydrogens is 387 g/mol. The van der Waals surface area contributed by atoms with Gasteiger partial charge < -0.3 is 24.6 Å². The van der Waals surface area contributed by atoms with Crippen LogP contribution in [0.3, 0.4) is 0 Å². The highest BCUT2D eigenvalue weighted by Crippen LogP contribution is 2.33. The molecule has 4 rings (SSSR count). The van der Waals surface area contributed by atoms with Gasteiger partial charge in [-0.25, -0.2) is 4.79 Å². The molecule has 0 bridgehead atoms. The fourth-order valence-electron chi connectivity index (χ4n) is 3.37. The van der Waals surface area contributed by atoms with E-state index in [0.29, 0.717) is 62.3 Å². The van der Waals surface area contributed by atoms with Crippen molar-refractivity contribution in [1.29, 1.82) is 0 Å². The first-order valence-corrected chi connectivity index (χ1v) is 9.28. The first kappa shape index (κ1) is 19.2. The summed E-state index contributed by atoms with van der Waals surface area (Å²) >= 11 is 0. The molecule has 0 saturated carbocycles. The molecule has 2 aromatic carbocycles. The van der Waals surface area contributed by atoms with Crippen molar-refractivity contribution < 1.29 is 27.4 Å². The summed E-state index contributed by atoms with van der Waals surface area (Å²) in [4.78, 5) is 16.0. The lowest BCUT2D eigenvalue weighted by Gasteiger charge is -2.36. The lowest BCUT2D eigenvalue weighted by atomic mass is 10.1. The molecule has 154 valence electrons. The molecule has 1 saturated heterocycles. The summed E-state index contributed by atoms with van der Waals surface area (Å²) in [7, 11) is 0. The Labute approximate surface area is 165 Å². The highest BCUT2D eigenvalue weighted by atomic mass is 19.4. The predicted octanol–water partition coefficient (Wildman–Crippen LogP) is 3.83. The van der Waals surface area contributed by atoms with Gasteiger partial charge in [0, 0.05) is 43.6 Å². The van der Waals surface area contributed by atoms with Crippen LogP contribution in [-0.4, -0.2) is 50.3 Å². The quantitative estimate of drug-likeness (QED) is 0.822. The van der Waals surface area contributed by atoms with Gasteiger partial charge >= 0.3 is 12.2 Å². The number of alkyl halides is 3. The minimum Gasteiger partial charge on any atom is -0.486 e. The molecule has 0 spiro atoms. The van der Waals surface area contributed by atoms with Crippen LogP contribution < -0.4 is 19.7 Å². The monoisotopic (exact) mass is 407 g/mol. The van der Waals surface area contributed by atoms with E-state index in [4.69, 9.17) is 9.47 Å². The van der Waals surface area contributed by atoms with Crippen molar-refractivity contribution in [3.05, 3.63) is 48.0 Å². The maximum absolute atomic E-state index is 12.9. The van der Waals surface area contributed by atoms with Crippen molar-refractivity contribution in [3.63, 3.8) is 0 Å². The average Bonchev–Trinajstić information content (AvgIpc) is 2.73. The van der Waals surface area contributed by atoms with E-state index < -0.39 is 11.7 Å². The van der Waals surface area contributed by atoms with Gasteiger partial charge in [0.05, 0.1) is 5.56 Å². The van der Waals surface area contributed by atoms with Crippen LogP contribution in [0.5, 0.6) is 11.5 Å². The summed E-state index contributed by atoms with van der Waals surface area (Å²) in [5.74, 6) is 1.23. The maximum Gasteiger partial charge on any atom is 0.416 e. The normalized spacial score (nSPS) is 16.5. The maximum atomic E-state index is 12.9. The van der Waals surface area contributed by atoms with Crippen LogP contribution in [0.15, 0.2) is 42.5 Å². The Balaban J connectivity index is 1.35. The molecule has 0 aromatic heterocycles. The molecule has 2 aromatic rings. The van der Waals surface area contributed by atoms with E-state index in [1.165, 1.54) is 6.07 Å². The molecule has 2 amide bonds. The Morgan fingerprint density at radius 3 is 2.38 bits per heavy atom. The molecule has 6 nitrogen and oxygen atoms in total. The van der Waals surface area contributed by atoms with E-state index in [1.807, 2.05) is 4.90 Å². The number of ether oxygens (including phenoxy) is 2. The lowest BCUT2D eigenvalue weighted by molar-refractivity contribution is -0.137. The minimum absolute atomic E-state index is 0.259. The zero-order chi connectivity index (χ0) is 20.4. The van der Waals surface area contributed by atoms with Gasteiger partial charge in [-0.3, -0.25) is 0 Å². The highest BCUT2D eigenvalue weighted by Gasteiger charge is 2.31. The standard InChI is InChI=1S/C20H20F3N3O3/c21-20(22,23)14-2-1-3-16(12-14)25-6-8-26(9-7-25)19(27)24-15-4-5-17-18(13-15)29-11-10-28-17/h1-5,12-13H,6-11H2,(H,24,27). The number of hydrogen-bond acceptors (Lipinski definition) is 4. The molecule has 2 aliphatic rings. The highest BCUT2D eigenvalue weighted by molar-refractivity contribution is 5.90. The Bertz CT molecular complexity index is 896. The van der Waals surface area contributed by atoms with Crippen LogP contribution in [0.2, 0.25) is 0 Å². The number of piperazine rings is 1. The summed E-state index contributed by atoms with van der Waals surface area (Å²) < 4.78 is 49.7. The van der Waals surface area contributed by atoms with Gasteiger partial charge in [0.1, 0.15) is 13.2 Å². The average molecular weight is 407 g/mol. The van der Waals surface area contributed by atoms with E-state index in [2.05, 4.69) is 5.32 Å². The summed E-state index contributed by atoms with van der Waals surface area (Å²) in [6.45, 7) is 2.68. The van der Waals surface area contributed by atoms with Crippen molar-refractivity contribution in [2.75, 3.05) is 49.6 Å². The Morgan fingerprint density at radius 2 is 1.66 bits per heavy atom. The zero-order valence-corrected chi connectivity index (χ0v) is 15.5. The summed E-state index contributed by atoms with van der Waals surface area (Å²) in [6, 6.07) is 10.2. The summed E-state index contributed by atoms with van der Waals surface area (Å²) in [5.41, 5.74) is 0.431. The molecule has 29 heavy (non-hydrogen) atoms. The predicted molar refractivity (Wildman–Crippen MR) is 102 cm³/mol. The lowest BCUT2D eigenvalue weighted by Crippen LogP contribution is -2.50. The third kappa shape index (κ3) is 4.33. The number of nitrogens with zero attached hydrogens (tertiary/aromatic N) is 2. The van der Waals surface area contributed by atoms with Gasteiger partial charge in [0.2, 0.25) is 0 Å². The zero-order valence-electron chi connectivity index (χ0n) is 15.5. The molecule has 0 unspecified atom stereocenters. The van der Waals surface area contributed by atoms with Crippen molar-refractivity contribution in [2.24, 2.45) is 0 Å². The number of fused-ring (bicyclic) bond motifs is 1. The number of carbonyl (C=O) groups is 1. The van der Waals surface area contributed by atoms with E-state index in [0.717, 1.165) is 12.1 Å². The van der Waals surface area contributed by atoms with Crippen LogP contribution >= 0.6 is 0 Å². The molecule has 0 aliphatic carbocycles. The number of halogens is 3. The number of anilines is 2. The number of urea groups is 1. The van der Waals surface area contributed by atoms with Crippen molar-refractivity contribution in [1.82, 2.24) is 4.90 Å². The van der Waals surface area contributed by atoms with E-state index >= 15 is 0 Å². The van der Waals surface area contributed by atoms with Crippen LogP contribution in [0.25, 0.3) is 0 Å². The molecular formula is C20H20F3N3O3. The molecule has 2 heterocycles. The summed E-state index contributed by atoms with van der Waals surface area (Å²) in [5, 5.41) is 2.83. The topological polar surface area (TPSA) is 54.0 Å². The van der Waals surface area contributed by atoms with Gasteiger partial charge in [-0.05, 0) is 30.3 Å². The fourth-order valence-corrected chi connectivity index (χ4v) is 3.37. The minimum atomic E-state index is -4.37. The van der Waals surface area contributed by atoms with Gasteiger partial charge in [-0.1, -0.05) is 6.07 Å². The molecule has 9 heteroatoms. The van der Waals surface area contributed by atoms with Gasteiger partial charge in [-0.2, -0.15) is 13.2 Å². The number of hydrogen-bond donors (Lipinski definition) is 1. The Morgan fingerprint density at radius 1 is 0.931 bits per heavy atom. The second-order valence-electron chi connectivity index (χ2n) is 6.81. The molecule has 0 radical (unpaired) electrons. The SMILES string of the molecule is O=C(Nc1ccc2c(c1)OCCO2)N1CCN(c2cccc(C(F)(F)F)c2)CC1. The molecule has 0 atom stereocenters. The first-order chi connectivity index (χ1) is 13.9. The summed E-state index contributed by atoms with van der Waals surface area (Å²) in [6.07, 6.45) is -4.37. The third-order valence-electron chi connectivity index (χ3n) is 4.90. The second kappa shape index (κ2) is 7.73. The fraction of sp³-hybridized carbons (Fsp3) is 0.350. The van der Waals surface area contributed by atoms with Gasteiger partial charge in [0.15, 0.2) is 11.5 Å². The van der Waals surface area contributed by atoms with Crippen LogP contribution in [0.1, 0.15) is 5.56 Å². The first-order valence-electron chi connectivity index (χ1n) is 9.28. The van der Waals surface area contributed by atoms with E-state index in [9.17, 15) is 18.0 Å². The Hall–Kier alpha value is -3.10. The number of nitrogens with one attached hydrogen (secondary N) is 1. The van der Waals surface area contributed by atoms with Crippen molar-refractivity contribution in [3.8, 4) is 11.5 Å². The number of carbonyl (C=O) groups excluding carboxylic acids is 1. The Kier molecular flexibility index (Phi) is 5.12. The molecule has 1 fully saturated rings. The number of benzene rings is 2.